The Labute approximate surface area is 289 Å². The molecule has 0 radical (unpaired) electrons. The number of alkyl halides is 1. The Morgan fingerprint density at radius 1 is 0.854 bits per heavy atom. The molecular weight excluding hydrogens is 630 g/mol. The molecule has 2 atom stereocenters. The summed E-state index contributed by atoms with van der Waals surface area (Å²) in [4.78, 5) is 35.1. The number of hydrogen-bond donors (Lipinski definition) is 0. The van der Waals surface area contributed by atoms with Crippen LogP contribution >= 0.6 is 11.6 Å². The predicted octanol–water partition coefficient (Wildman–Crippen LogP) is 7.92. The van der Waals surface area contributed by atoms with Crippen LogP contribution in [-0.4, -0.2) is 50.0 Å². The quantitative estimate of drug-likeness (QED) is 0.0235. The SMILES string of the molecule is COC(=O)/C=C/CC/C=C(\COCc1ccccc1)C[C@H](/C=C(\C#N)CC/C=C(\C)CCC(=O)[C@H](Cl)C(=O)OC)OCc1ccccc1. The number of nitriles is 1. The van der Waals surface area contributed by atoms with Crippen LogP contribution in [0, 0.1) is 11.3 Å². The molecular formula is C39H46ClNO7. The van der Waals surface area contributed by atoms with Crippen LogP contribution in [0.5, 0.6) is 0 Å². The van der Waals surface area contributed by atoms with Gasteiger partial charge in [0.15, 0.2) is 11.2 Å². The summed E-state index contributed by atoms with van der Waals surface area (Å²) in [6, 6.07) is 22.1. The number of nitrogens with zero attached hydrogens (tertiary/aromatic N) is 1. The zero-order valence-electron chi connectivity index (χ0n) is 28.1. The molecule has 0 aromatic heterocycles. The third-order valence-electron chi connectivity index (χ3n) is 7.28. The van der Waals surface area contributed by atoms with E-state index >= 15 is 0 Å². The van der Waals surface area contributed by atoms with Crippen LogP contribution in [0.1, 0.15) is 63.0 Å². The van der Waals surface area contributed by atoms with Crippen LogP contribution in [0.4, 0.5) is 0 Å². The number of unbranched alkanes of at least 4 members (excludes halogenated alkanes) is 1. The lowest BCUT2D eigenvalue weighted by atomic mass is 10.0. The van der Waals surface area contributed by atoms with Crippen molar-refractivity contribution >= 4 is 29.3 Å². The number of methoxy groups -OCH3 is 2. The van der Waals surface area contributed by atoms with E-state index in [1.807, 2.05) is 79.7 Å². The van der Waals surface area contributed by atoms with Gasteiger partial charge in [0.25, 0.3) is 0 Å². The number of benzene rings is 2. The molecule has 0 spiro atoms. The summed E-state index contributed by atoms with van der Waals surface area (Å²) in [5.41, 5.74) is 4.67. The Morgan fingerprint density at radius 2 is 1.52 bits per heavy atom. The molecule has 0 fully saturated rings. The van der Waals surface area contributed by atoms with Gasteiger partial charge in [0.05, 0.1) is 46.2 Å². The van der Waals surface area contributed by atoms with Gasteiger partial charge in [-0.05, 0) is 61.8 Å². The minimum atomic E-state index is -1.30. The van der Waals surface area contributed by atoms with Crippen LogP contribution < -0.4 is 0 Å². The van der Waals surface area contributed by atoms with E-state index in [9.17, 15) is 19.6 Å². The van der Waals surface area contributed by atoms with Gasteiger partial charge in [-0.15, -0.1) is 11.6 Å². The first-order valence-electron chi connectivity index (χ1n) is 16.0. The summed E-state index contributed by atoms with van der Waals surface area (Å²) in [6.45, 7) is 3.13. The summed E-state index contributed by atoms with van der Waals surface area (Å²) in [7, 11) is 2.54. The van der Waals surface area contributed by atoms with Gasteiger partial charge >= 0.3 is 11.9 Å². The van der Waals surface area contributed by atoms with E-state index in [4.69, 9.17) is 21.1 Å². The number of ketones is 1. The van der Waals surface area contributed by atoms with Crippen LogP contribution in [0.2, 0.25) is 0 Å². The van der Waals surface area contributed by atoms with Crippen molar-refractivity contribution in [3.05, 3.63) is 119 Å². The van der Waals surface area contributed by atoms with E-state index < -0.39 is 23.4 Å². The van der Waals surface area contributed by atoms with Crippen molar-refractivity contribution in [3.63, 3.8) is 0 Å². The average molecular weight is 676 g/mol. The van der Waals surface area contributed by atoms with E-state index in [-0.39, 0.29) is 12.2 Å². The topological polar surface area (TPSA) is 112 Å². The van der Waals surface area contributed by atoms with Gasteiger partial charge in [0.1, 0.15) is 0 Å². The zero-order chi connectivity index (χ0) is 35.0. The number of carbonyl (C=O) groups is 3. The number of allylic oxidation sites excluding steroid dienone is 5. The maximum Gasteiger partial charge on any atom is 0.331 e. The predicted molar refractivity (Wildman–Crippen MR) is 187 cm³/mol. The highest BCUT2D eigenvalue weighted by Gasteiger charge is 2.24. The molecule has 9 heteroatoms. The van der Waals surface area contributed by atoms with Gasteiger partial charge in [-0.2, -0.15) is 5.26 Å². The lowest BCUT2D eigenvalue weighted by Crippen LogP contribution is -2.25. The number of esters is 2. The maximum absolute atomic E-state index is 12.2. The summed E-state index contributed by atoms with van der Waals surface area (Å²) >= 11 is 5.86. The van der Waals surface area contributed by atoms with E-state index in [0.717, 1.165) is 22.3 Å². The second kappa shape index (κ2) is 23.9. The molecule has 0 heterocycles. The molecule has 2 aromatic rings. The minimum absolute atomic E-state index is 0.127. The Morgan fingerprint density at radius 3 is 2.15 bits per heavy atom. The van der Waals surface area contributed by atoms with E-state index in [0.29, 0.717) is 63.9 Å². The van der Waals surface area contributed by atoms with Crippen molar-refractivity contribution in [1.82, 2.24) is 0 Å². The average Bonchev–Trinajstić information content (AvgIpc) is 3.11. The lowest BCUT2D eigenvalue weighted by Gasteiger charge is -2.18. The van der Waals surface area contributed by atoms with E-state index in [2.05, 4.69) is 21.6 Å². The normalized spacial score (nSPS) is 13.5. The monoisotopic (exact) mass is 675 g/mol. The molecule has 256 valence electrons. The fourth-order valence-corrected chi connectivity index (χ4v) is 4.77. The smallest absolute Gasteiger partial charge is 0.331 e. The first kappa shape index (κ1) is 39.9. The Balaban J connectivity index is 2.16. The Bertz CT molecular complexity index is 1440. The summed E-state index contributed by atoms with van der Waals surface area (Å²) < 4.78 is 21.7. The maximum atomic E-state index is 12.2. The van der Waals surface area contributed by atoms with Crippen molar-refractivity contribution in [1.29, 1.82) is 5.26 Å². The van der Waals surface area contributed by atoms with Crippen molar-refractivity contribution < 1.29 is 33.3 Å². The van der Waals surface area contributed by atoms with Gasteiger partial charge in [0, 0.05) is 24.5 Å². The highest BCUT2D eigenvalue weighted by molar-refractivity contribution is 6.41. The second-order valence-corrected chi connectivity index (χ2v) is 11.6. The molecule has 8 nitrogen and oxygen atoms in total. The molecule has 48 heavy (non-hydrogen) atoms. The molecule has 2 rings (SSSR count). The number of ether oxygens (including phenoxy) is 4. The fraction of sp³-hybridized carbons (Fsp3) is 0.385. The third kappa shape index (κ3) is 17.0. The van der Waals surface area contributed by atoms with Gasteiger partial charge < -0.3 is 18.9 Å². The van der Waals surface area contributed by atoms with Crippen LogP contribution in [0.3, 0.4) is 0 Å². The van der Waals surface area contributed by atoms with Crippen molar-refractivity contribution in [2.75, 3.05) is 20.8 Å². The third-order valence-corrected chi connectivity index (χ3v) is 7.71. The van der Waals surface area contributed by atoms with Gasteiger partial charge in [-0.1, -0.05) is 84.5 Å². The number of Topliss-reactive ketones (excluding diaryl/α,β-unsaturated/α-hetero) is 1. The Kier molecular flexibility index (Phi) is 19.9. The largest absolute Gasteiger partial charge is 0.468 e. The van der Waals surface area contributed by atoms with Gasteiger partial charge in [-0.3, -0.25) is 4.79 Å². The fourth-order valence-electron chi connectivity index (χ4n) is 4.57. The standard InChI is InChI=1S/C39H46ClNO7/c1-30(22-23-36(42)38(40)39(44)46-3)14-13-20-33(26-41)24-35(48-29-32-17-9-5-10-18-32)25-34(19-11-6-12-21-37(43)45-2)28-47-27-31-15-7-4-8-16-31/h4-5,7-10,12,14-19,21,24,35,38H,6,11,13,20,22-23,25,27-29H2,1-3H3/b21-12+,30-14+,33-24-,34-19-/t35-,38-/m0/s1. The Hall–Kier alpha value is -4.29. The molecule has 0 aliphatic heterocycles. The molecule has 0 unspecified atom stereocenters. The molecule has 0 saturated heterocycles. The number of rotatable bonds is 22. The first-order valence-corrected chi connectivity index (χ1v) is 16.4. The van der Waals surface area contributed by atoms with Gasteiger partial charge in [0.2, 0.25) is 0 Å². The first-order chi connectivity index (χ1) is 23.2. The molecule has 0 saturated carbocycles. The number of carbonyl (C=O) groups excluding carboxylic acids is 3. The van der Waals surface area contributed by atoms with Crippen LogP contribution in [0.25, 0.3) is 0 Å². The molecule has 0 amide bonds. The number of hydrogen-bond acceptors (Lipinski definition) is 8. The summed E-state index contributed by atoms with van der Waals surface area (Å²) in [6.07, 6.45) is 12.3. The molecule has 2 aromatic carbocycles. The van der Waals surface area contributed by atoms with Crippen molar-refractivity contribution in [2.45, 2.75) is 76.6 Å². The molecule has 0 aliphatic rings. The molecule has 0 N–H and O–H groups in total. The summed E-state index contributed by atoms with van der Waals surface area (Å²) in [5.74, 6) is -1.54. The van der Waals surface area contributed by atoms with Crippen molar-refractivity contribution in [2.24, 2.45) is 0 Å². The highest BCUT2D eigenvalue weighted by Crippen LogP contribution is 2.20. The van der Waals surface area contributed by atoms with Crippen LogP contribution in [-0.2, 0) is 46.5 Å². The lowest BCUT2D eigenvalue weighted by molar-refractivity contribution is -0.143. The minimum Gasteiger partial charge on any atom is -0.468 e. The van der Waals surface area contributed by atoms with E-state index in [1.54, 1.807) is 6.08 Å². The molecule has 0 bridgehead atoms. The summed E-state index contributed by atoms with van der Waals surface area (Å²) in [5, 5.41) is 8.72. The van der Waals surface area contributed by atoms with Crippen molar-refractivity contribution in [3.8, 4) is 6.07 Å². The zero-order valence-corrected chi connectivity index (χ0v) is 28.8. The highest BCUT2D eigenvalue weighted by atomic mass is 35.5. The molecule has 0 aliphatic carbocycles. The second-order valence-electron chi connectivity index (χ2n) is 11.1. The van der Waals surface area contributed by atoms with E-state index in [1.165, 1.54) is 20.3 Å². The van der Waals surface area contributed by atoms with Crippen LogP contribution in [0.15, 0.2) is 108 Å². The number of halogens is 1. The van der Waals surface area contributed by atoms with Gasteiger partial charge in [-0.25, -0.2) is 9.59 Å².